The Bertz CT molecular complexity index is 985. The normalized spacial score (nSPS) is 11.1. The molecule has 0 aliphatic rings. The molecule has 0 aliphatic carbocycles. The highest BCUT2D eigenvalue weighted by Gasteiger charge is 2.15. The summed E-state index contributed by atoms with van der Waals surface area (Å²) in [6, 6.07) is 16.3. The molecular weight excluding hydrogens is 380 g/mol. The van der Waals surface area contributed by atoms with E-state index in [0.29, 0.717) is 22.0 Å². The molecular formula is C17H13ClN2O3S2. The van der Waals surface area contributed by atoms with E-state index in [2.05, 4.69) is 10.0 Å². The second-order valence-electron chi connectivity index (χ2n) is 5.05. The number of anilines is 2. The summed E-state index contributed by atoms with van der Waals surface area (Å²) in [5.74, 6) is -0.333. The highest BCUT2D eigenvalue weighted by Crippen LogP contribution is 2.23. The first-order valence-corrected chi connectivity index (χ1v) is 9.92. The van der Waals surface area contributed by atoms with E-state index in [-0.39, 0.29) is 10.1 Å². The van der Waals surface area contributed by atoms with Crippen LogP contribution in [0.2, 0.25) is 5.02 Å². The molecule has 1 aromatic heterocycles. The van der Waals surface area contributed by atoms with Gasteiger partial charge in [0.05, 0.1) is 10.7 Å². The van der Waals surface area contributed by atoms with Crippen LogP contribution in [0.1, 0.15) is 10.4 Å². The van der Waals surface area contributed by atoms with E-state index in [1.165, 1.54) is 18.2 Å². The van der Waals surface area contributed by atoms with Gasteiger partial charge in [0.25, 0.3) is 15.9 Å². The van der Waals surface area contributed by atoms with Crippen LogP contribution in [0, 0.1) is 0 Å². The van der Waals surface area contributed by atoms with Crippen molar-refractivity contribution in [2.24, 2.45) is 0 Å². The van der Waals surface area contributed by atoms with Gasteiger partial charge >= 0.3 is 0 Å². The summed E-state index contributed by atoms with van der Waals surface area (Å²) in [5.41, 5.74) is 1.28. The quantitative estimate of drug-likeness (QED) is 0.673. The second kappa shape index (κ2) is 7.26. The Morgan fingerprint density at radius 3 is 2.32 bits per heavy atom. The lowest BCUT2D eigenvalue weighted by molar-refractivity contribution is 0.102. The van der Waals surface area contributed by atoms with Gasteiger partial charge < -0.3 is 5.32 Å². The highest BCUT2D eigenvalue weighted by atomic mass is 35.5. The Morgan fingerprint density at radius 1 is 0.960 bits per heavy atom. The lowest BCUT2D eigenvalue weighted by Gasteiger charge is -2.09. The zero-order valence-electron chi connectivity index (χ0n) is 12.8. The Labute approximate surface area is 154 Å². The average molecular weight is 393 g/mol. The van der Waals surface area contributed by atoms with Gasteiger partial charge in [0, 0.05) is 11.3 Å². The number of hydrogen-bond acceptors (Lipinski definition) is 4. The molecule has 0 bridgehead atoms. The van der Waals surface area contributed by atoms with Crippen molar-refractivity contribution in [3.8, 4) is 0 Å². The summed E-state index contributed by atoms with van der Waals surface area (Å²) in [6.07, 6.45) is 0. The van der Waals surface area contributed by atoms with E-state index in [1.54, 1.807) is 47.8 Å². The Balaban J connectivity index is 1.72. The predicted octanol–water partition coefficient (Wildman–Crippen LogP) is 4.45. The molecule has 3 aromatic rings. The number of hydrogen-bond donors (Lipinski definition) is 2. The van der Waals surface area contributed by atoms with Crippen LogP contribution in [0.5, 0.6) is 0 Å². The molecule has 5 nitrogen and oxygen atoms in total. The van der Waals surface area contributed by atoms with Crippen molar-refractivity contribution in [2.45, 2.75) is 4.21 Å². The number of halogens is 1. The van der Waals surface area contributed by atoms with E-state index in [9.17, 15) is 13.2 Å². The molecule has 0 saturated heterocycles. The summed E-state index contributed by atoms with van der Waals surface area (Å²) in [4.78, 5) is 12.2. The Morgan fingerprint density at radius 2 is 1.68 bits per heavy atom. The van der Waals surface area contributed by atoms with Crippen molar-refractivity contribution in [1.29, 1.82) is 0 Å². The van der Waals surface area contributed by atoms with E-state index >= 15 is 0 Å². The van der Waals surface area contributed by atoms with Crippen LogP contribution < -0.4 is 10.0 Å². The van der Waals surface area contributed by atoms with Crippen LogP contribution in [-0.2, 0) is 10.0 Å². The third-order valence-corrected chi connectivity index (χ3v) is 6.39. The number of rotatable bonds is 5. The van der Waals surface area contributed by atoms with E-state index in [4.69, 9.17) is 11.6 Å². The first-order chi connectivity index (χ1) is 12.0. The van der Waals surface area contributed by atoms with Crippen LogP contribution in [0.3, 0.4) is 0 Å². The molecule has 25 heavy (non-hydrogen) atoms. The Kier molecular flexibility index (Phi) is 5.08. The standard InChI is InChI=1S/C17H13ClN2O3S2/c18-14-4-1-2-5-15(14)19-17(21)12-7-9-13(10-8-12)20-25(22,23)16-6-3-11-24-16/h1-11,20H,(H,19,21). The topological polar surface area (TPSA) is 75.3 Å². The average Bonchev–Trinajstić information content (AvgIpc) is 3.13. The van der Waals surface area contributed by atoms with Crippen molar-refractivity contribution >= 4 is 50.2 Å². The number of carbonyl (C=O) groups excluding carboxylic acids is 1. The van der Waals surface area contributed by atoms with Crippen LogP contribution in [0.15, 0.2) is 70.3 Å². The second-order valence-corrected chi connectivity index (χ2v) is 8.31. The number of thiophene rings is 1. The maximum absolute atomic E-state index is 12.2. The number of carbonyl (C=O) groups is 1. The molecule has 3 rings (SSSR count). The number of nitrogens with one attached hydrogen (secondary N) is 2. The van der Waals surface area contributed by atoms with Crippen LogP contribution >= 0.6 is 22.9 Å². The molecule has 0 aliphatic heterocycles. The SMILES string of the molecule is O=C(Nc1ccccc1Cl)c1ccc(NS(=O)(=O)c2cccs2)cc1. The van der Waals surface area contributed by atoms with Gasteiger partial charge in [-0.2, -0.15) is 0 Å². The fourth-order valence-corrected chi connectivity index (χ4v) is 4.30. The molecule has 0 saturated carbocycles. The molecule has 0 radical (unpaired) electrons. The Hall–Kier alpha value is -2.35. The van der Waals surface area contributed by atoms with Crippen molar-refractivity contribution < 1.29 is 13.2 Å². The molecule has 1 heterocycles. The molecule has 1 amide bonds. The van der Waals surface area contributed by atoms with Crippen molar-refractivity contribution in [3.63, 3.8) is 0 Å². The summed E-state index contributed by atoms with van der Waals surface area (Å²) >= 11 is 7.14. The number of benzene rings is 2. The first kappa shape index (κ1) is 17.5. The summed E-state index contributed by atoms with van der Waals surface area (Å²) < 4.78 is 27.0. The van der Waals surface area contributed by atoms with Gasteiger partial charge in [-0.25, -0.2) is 8.42 Å². The largest absolute Gasteiger partial charge is 0.321 e. The number of para-hydroxylation sites is 1. The van der Waals surface area contributed by atoms with Gasteiger partial charge in [-0.15, -0.1) is 11.3 Å². The van der Waals surface area contributed by atoms with Gasteiger partial charge in [-0.1, -0.05) is 29.8 Å². The lowest BCUT2D eigenvalue weighted by atomic mass is 10.2. The van der Waals surface area contributed by atoms with E-state index < -0.39 is 10.0 Å². The highest BCUT2D eigenvalue weighted by molar-refractivity contribution is 7.94. The zero-order valence-corrected chi connectivity index (χ0v) is 15.2. The third-order valence-electron chi connectivity index (χ3n) is 3.28. The third kappa shape index (κ3) is 4.19. The van der Waals surface area contributed by atoms with Gasteiger partial charge in [0.15, 0.2) is 0 Å². The van der Waals surface area contributed by atoms with Gasteiger partial charge in [-0.3, -0.25) is 9.52 Å². The fourth-order valence-electron chi connectivity index (χ4n) is 2.07. The van der Waals surface area contributed by atoms with Crippen LogP contribution in [-0.4, -0.2) is 14.3 Å². The minimum atomic E-state index is -3.61. The van der Waals surface area contributed by atoms with Gasteiger partial charge in [0.1, 0.15) is 4.21 Å². The lowest BCUT2D eigenvalue weighted by Crippen LogP contribution is -2.13. The molecule has 0 unspecified atom stereocenters. The van der Waals surface area contributed by atoms with E-state index in [1.807, 2.05) is 0 Å². The zero-order chi connectivity index (χ0) is 17.9. The van der Waals surface area contributed by atoms with Crippen LogP contribution in [0.4, 0.5) is 11.4 Å². The summed E-state index contributed by atoms with van der Waals surface area (Å²) in [5, 5.41) is 4.84. The molecule has 0 atom stereocenters. The minimum absolute atomic E-state index is 0.230. The molecule has 0 spiro atoms. The maximum atomic E-state index is 12.2. The minimum Gasteiger partial charge on any atom is -0.321 e. The predicted molar refractivity (Wildman–Crippen MR) is 101 cm³/mol. The maximum Gasteiger partial charge on any atom is 0.271 e. The number of amides is 1. The van der Waals surface area contributed by atoms with Gasteiger partial charge in [-0.05, 0) is 47.8 Å². The molecule has 8 heteroatoms. The summed E-state index contributed by atoms with van der Waals surface area (Å²) in [6.45, 7) is 0. The van der Waals surface area contributed by atoms with Crippen molar-refractivity contribution in [2.75, 3.05) is 10.0 Å². The molecule has 128 valence electrons. The first-order valence-electron chi connectivity index (χ1n) is 7.18. The fraction of sp³-hybridized carbons (Fsp3) is 0. The van der Waals surface area contributed by atoms with Crippen LogP contribution in [0.25, 0.3) is 0 Å². The summed E-state index contributed by atoms with van der Waals surface area (Å²) in [7, 11) is -3.61. The van der Waals surface area contributed by atoms with Crippen molar-refractivity contribution in [1.82, 2.24) is 0 Å². The monoisotopic (exact) mass is 392 g/mol. The number of sulfonamides is 1. The molecule has 2 N–H and O–H groups in total. The van der Waals surface area contributed by atoms with E-state index in [0.717, 1.165) is 11.3 Å². The molecule has 0 fully saturated rings. The smallest absolute Gasteiger partial charge is 0.271 e. The van der Waals surface area contributed by atoms with Crippen molar-refractivity contribution in [3.05, 3.63) is 76.6 Å². The molecule has 2 aromatic carbocycles. The van der Waals surface area contributed by atoms with Gasteiger partial charge in [0.2, 0.25) is 0 Å².